The van der Waals surface area contributed by atoms with Gasteiger partial charge in [-0.25, -0.2) is 9.97 Å². The molecule has 1 amide bonds. The Balaban J connectivity index is 1.44. The molecule has 154 valence electrons. The van der Waals surface area contributed by atoms with Gasteiger partial charge in [-0.3, -0.25) is 14.0 Å². The molecule has 0 aliphatic carbocycles. The molecule has 0 aliphatic heterocycles. The number of hydrogen-bond donors (Lipinski definition) is 2. The average Bonchev–Trinajstić information content (AvgIpc) is 3.14. The molecule has 0 fully saturated rings. The molecule has 0 unspecified atom stereocenters. The third-order valence-corrected chi connectivity index (χ3v) is 4.68. The van der Waals surface area contributed by atoms with E-state index in [1.165, 1.54) is 10.5 Å². The van der Waals surface area contributed by atoms with Crippen molar-refractivity contribution < 1.29 is 4.79 Å². The highest BCUT2D eigenvalue weighted by molar-refractivity contribution is 5.92. The van der Waals surface area contributed by atoms with Crippen LogP contribution >= 0.6 is 0 Å². The summed E-state index contributed by atoms with van der Waals surface area (Å²) in [6.07, 6.45) is 5.55. The summed E-state index contributed by atoms with van der Waals surface area (Å²) >= 11 is 0. The number of amides is 1. The fraction of sp³-hybridized carbons (Fsp3) is 0.273. The van der Waals surface area contributed by atoms with Gasteiger partial charge in [0.25, 0.3) is 11.5 Å². The predicted molar refractivity (Wildman–Crippen MR) is 114 cm³/mol. The van der Waals surface area contributed by atoms with Crippen LogP contribution in [0.4, 0.5) is 0 Å². The zero-order valence-electron chi connectivity index (χ0n) is 17.0. The second-order valence-corrected chi connectivity index (χ2v) is 7.65. The topological polar surface area (TPSA) is 92.8 Å². The molecule has 0 saturated carbocycles. The molecule has 0 aromatic carbocycles. The van der Waals surface area contributed by atoms with Gasteiger partial charge in [0.2, 0.25) is 0 Å². The van der Waals surface area contributed by atoms with Crippen molar-refractivity contribution in [3.63, 3.8) is 0 Å². The fourth-order valence-corrected chi connectivity index (χ4v) is 3.22. The highest BCUT2D eigenvalue weighted by atomic mass is 16.2. The standard InChI is InChI=1S/C22H24N6O2/c1-15(2)10-23-11-16-6-7-19-25-17(14-27(19)13-16)12-24-22(30)18-9-21(29)28-8-4-3-5-20(28)26-18/h3-9,13-15,23H,10-12H2,1-2H3,(H,24,30). The van der Waals surface area contributed by atoms with Crippen LogP contribution in [0.1, 0.15) is 35.6 Å². The molecule has 0 bridgehead atoms. The first-order valence-electron chi connectivity index (χ1n) is 9.93. The van der Waals surface area contributed by atoms with Crippen molar-refractivity contribution in [2.24, 2.45) is 5.92 Å². The first-order chi connectivity index (χ1) is 14.5. The lowest BCUT2D eigenvalue weighted by Gasteiger charge is -2.07. The number of hydrogen-bond acceptors (Lipinski definition) is 5. The van der Waals surface area contributed by atoms with Gasteiger partial charge in [0.15, 0.2) is 0 Å². The van der Waals surface area contributed by atoms with Crippen molar-refractivity contribution in [2.75, 3.05) is 6.54 Å². The Morgan fingerprint density at radius 1 is 1.07 bits per heavy atom. The van der Waals surface area contributed by atoms with Crippen LogP contribution in [0.3, 0.4) is 0 Å². The van der Waals surface area contributed by atoms with Crippen LogP contribution in [-0.2, 0) is 13.1 Å². The molecule has 0 atom stereocenters. The second-order valence-electron chi connectivity index (χ2n) is 7.65. The van der Waals surface area contributed by atoms with Gasteiger partial charge in [-0.2, -0.15) is 0 Å². The summed E-state index contributed by atoms with van der Waals surface area (Å²) in [7, 11) is 0. The molecule has 8 nitrogen and oxygen atoms in total. The minimum absolute atomic E-state index is 0.0912. The molecule has 30 heavy (non-hydrogen) atoms. The van der Waals surface area contributed by atoms with E-state index in [1.807, 2.05) is 28.9 Å². The van der Waals surface area contributed by atoms with E-state index in [1.54, 1.807) is 24.4 Å². The number of fused-ring (bicyclic) bond motifs is 2. The molecule has 0 aliphatic rings. The van der Waals surface area contributed by atoms with Crippen LogP contribution in [0.15, 0.2) is 59.8 Å². The number of imidazole rings is 1. The molecule has 4 rings (SSSR count). The fourth-order valence-electron chi connectivity index (χ4n) is 3.22. The van der Waals surface area contributed by atoms with E-state index >= 15 is 0 Å². The van der Waals surface area contributed by atoms with Gasteiger partial charge in [0.05, 0.1) is 12.2 Å². The SMILES string of the molecule is CC(C)CNCc1ccc2nc(CNC(=O)c3cc(=O)n4ccccc4n3)cn2c1. The highest BCUT2D eigenvalue weighted by Crippen LogP contribution is 2.09. The van der Waals surface area contributed by atoms with Gasteiger partial charge in [-0.1, -0.05) is 26.0 Å². The molecular weight excluding hydrogens is 380 g/mol. The van der Waals surface area contributed by atoms with E-state index in [2.05, 4.69) is 34.4 Å². The average molecular weight is 404 g/mol. The monoisotopic (exact) mass is 404 g/mol. The van der Waals surface area contributed by atoms with E-state index < -0.39 is 5.91 Å². The Labute approximate surface area is 173 Å². The van der Waals surface area contributed by atoms with E-state index in [4.69, 9.17) is 0 Å². The number of rotatable bonds is 7. The molecule has 0 spiro atoms. The van der Waals surface area contributed by atoms with Gasteiger partial charge in [0.1, 0.15) is 17.0 Å². The summed E-state index contributed by atoms with van der Waals surface area (Å²) in [6.45, 7) is 6.36. The first kappa shape index (κ1) is 19.8. The maximum Gasteiger partial charge on any atom is 0.270 e. The Kier molecular flexibility index (Phi) is 5.58. The van der Waals surface area contributed by atoms with Crippen LogP contribution < -0.4 is 16.2 Å². The summed E-state index contributed by atoms with van der Waals surface area (Å²) < 4.78 is 3.35. The van der Waals surface area contributed by atoms with Crippen LogP contribution in [-0.4, -0.2) is 31.2 Å². The van der Waals surface area contributed by atoms with Gasteiger partial charge in [-0.15, -0.1) is 0 Å². The van der Waals surface area contributed by atoms with E-state index in [0.717, 1.165) is 30.0 Å². The summed E-state index contributed by atoms with van der Waals surface area (Å²) in [5.41, 5.74) is 2.94. The number of nitrogens with one attached hydrogen (secondary N) is 2. The lowest BCUT2D eigenvalue weighted by molar-refractivity contribution is 0.0945. The molecule has 4 aromatic heterocycles. The predicted octanol–water partition coefficient (Wildman–Crippen LogP) is 2.02. The molecule has 2 N–H and O–H groups in total. The zero-order chi connectivity index (χ0) is 21.1. The van der Waals surface area contributed by atoms with Crippen molar-refractivity contribution in [3.8, 4) is 0 Å². The van der Waals surface area contributed by atoms with Gasteiger partial charge < -0.3 is 15.0 Å². The van der Waals surface area contributed by atoms with Crippen molar-refractivity contribution in [2.45, 2.75) is 26.9 Å². The molecule has 4 aromatic rings. The lowest BCUT2D eigenvalue weighted by Crippen LogP contribution is -2.27. The van der Waals surface area contributed by atoms with Crippen LogP contribution in [0.2, 0.25) is 0 Å². The Morgan fingerprint density at radius 3 is 2.77 bits per heavy atom. The number of carbonyl (C=O) groups is 1. The maximum atomic E-state index is 12.5. The van der Waals surface area contributed by atoms with E-state index in [0.29, 0.717) is 11.6 Å². The largest absolute Gasteiger partial charge is 0.345 e. The summed E-state index contributed by atoms with van der Waals surface area (Å²) in [4.78, 5) is 33.5. The Bertz CT molecular complexity index is 1260. The minimum atomic E-state index is -0.408. The zero-order valence-corrected chi connectivity index (χ0v) is 17.0. The number of nitrogens with zero attached hydrogens (tertiary/aromatic N) is 4. The third-order valence-electron chi connectivity index (χ3n) is 4.68. The maximum absolute atomic E-state index is 12.5. The van der Waals surface area contributed by atoms with Crippen molar-refractivity contribution >= 4 is 17.2 Å². The van der Waals surface area contributed by atoms with E-state index in [-0.39, 0.29) is 17.8 Å². The van der Waals surface area contributed by atoms with Crippen molar-refractivity contribution in [1.29, 1.82) is 0 Å². The van der Waals surface area contributed by atoms with Crippen LogP contribution in [0.5, 0.6) is 0 Å². The summed E-state index contributed by atoms with van der Waals surface area (Å²) in [6, 6.07) is 10.4. The molecule has 0 radical (unpaired) electrons. The first-order valence-corrected chi connectivity index (χ1v) is 9.93. The van der Waals surface area contributed by atoms with Crippen LogP contribution in [0, 0.1) is 5.92 Å². The molecule has 0 saturated heterocycles. The van der Waals surface area contributed by atoms with Crippen LogP contribution in [0.25, 0.3) is 11.3 Å². The molecule has 8 heteroatoms. The summed E-state index contributed by atoms with van der Waals surface area (Å²) in [5.74, 6) is 0.194. The molecular formula is C22H24N6O2. The van der Waals surface area contributed by atoms with Crippen molar-refractivity contribution in [3.05, 3.63) is 82.3 Å². The smallest absolute Gasteiger partial charge is 0.270 e. The number of pyridine rings is 2. The lowest BCUT2D eigenvalue weighted by atomic mass is 10.2. The van der Waals surface area contributed by atoms with Gasteiger partial charge in [0, 0.05) is 31.2 Å². The van der Waals surface area contributed by atoms with E-state index in [9.17, 15) is 9.59 Å². The summed E-state index contributed by atoms with van der Waals surface area (Å²) in [5, 5.41) is 6.21. The second kappa shape index (κ2) is 8.46. The quantitative estimate of drug-likeness (QED) is 0.492. The Morgan fingerprint density at radius 2 is 1.93 bits per heavy atom. The minimum Gasteiger partial charge on any atom is -0.345 e. The number of carbonyl (C=O) groups excluding carboxylic acids is 1. The normalized spacial score (nSPS) is 11.4. The van der Waals surface area contributed by atoms with Gasteiger partial charge in [-0.05, 0) is 36.2 Å². The highest BCUT2D eigenvalue weighted by Gasteiger charge is 2.11. The van der Waals surface area contributed by atoms with Gasteiger partial charge >= 0.3 is 0 Å². The number of aromatic nitrogens is 4. The Hall–Kier alpha value is -3.52. The molecule has 4 heterocycles. The third kappa shape index (κ3) is 4.38. The van der Waals surface area contributed by atoms with Crippen molar-refractivity contribution in [1.82, 2.24) is 29.4 Å².